The van der Waals surface area contributed by atoms with Crippen LogP contribution in [0.2, 0.25) is 0 Å². The number of ether oxygens (including phenoxy) is 2. The Bertz CT molecular complexity index is 559. The smallest absolute Gasteiger partial charge is 0.410 e. The minimum atomic E-state index is -0.574. The van der Waals surface area contributed by atoms with Gasteiger partial charge in [0.05, 0.1) is 18.5 Å². The molecule has 1 saturated heterocycles. The van der Waals surface area contributed by atoms with E-state index in [9.17, 15) is 9.90 Å². The molecule has 2 N–H and O–H groups in total. The van der Waals surface area contributed by atoms with Crippen molar-refractivity contribution in [1.82, 2.24) is 4.90 Å². The lowest BCUT2D eigenvalue weighted by molar-refractivity contribution is 0.0275. The molecule has 0 bridgehead atoms. The van der Waals surface area contributed by atoms with Gasteiger partial charge in [0.2, 0.25) is 0 Å². The number of carbonyl (C=O) groups is 1. The summed E-state index contributed by atoms with van der Waals surface area (Å²) in [4.78, 5) is 13.7. The Labute approximate surface area is 154 Å². The first-order chi connectivity index (χ1) is 11.8. The zero-order valence-corrected chi connectivity index (χ0v) is 15.8. The molecule has 7 heteroatoms. The van der Waals surface area contributed by atoms with Crippen molar-refractivity contribution in [3.63, 3.8) is 0 Å². The number of amides is 1. The Morgan fingerprint density at radius 2 is 2.08 bits per heavy atom. The number of anilines is 1. The van der Waals surface area contributed by atoms with Crippen molar-refractivity contribution in [2.75, 3.05) is 30.8 Å². The van der Waals surface area contributed by atoms with Gasteiger partial charge in [0.15, 0.2) is 0 Å². The van der Waals surface area contributed by atoms with Crippen LogP contribution in [-0.2, 0) is 4.74 Å². The van der Waals surface area contributed by atoms with E-state index in [-0.39, 0.29) is 18.1 Å². The molecule has 2 atom stereocenters. The Morgan fingerprint density at radius 1 is 1.40 bits per heavy atom. The predicted molar refractivity (Wildman–Crippen MR) is 98.5 cm³/mol. The van der Waals surface area contributed by atoms with E-state index >= 15 is 0 Å². The van der Waals surface area contributed by atoms with Crippen molar-refractivity contribution < 1.29 is 19.4 Å². The van der Waals surface area contributed by atoms with Crippen molar-refractivity contribution in [3.05, 3.63) is 24.3 Å². The molecule has 1 aliphatic rings. The fraction of sp³-hybridized carbons (Fsp3) is 0.611. The highest BCUT2D eigenvalue weighted by molar-refractivity contribution is 6.18. The van der Waals surface area contributed by atoms with Crippen LogP contribution in [0.15, 0.2) is 24.3 Å². The van der Waals surface area contributed by atoms with Crippen LogP contribution >= 0.6 is 11.6 Å². The van der Waals surface area contributed by atoms with Gasteiger partial charge in [0.1, 0.15) is 17.5 Å². The van der Waals surface area contributed by atoms with Crippen molar-refractivity contribution in [1.29, 1.82) is 0 Å². The summed E-state index contributed by atoms with van der Waals surface area (Å²) in [5.41, 5.74) is 0.397. The molecule has 0 aromatic heterocycles. The summed E-state index contributed by atoms with van der Waals surface area (Å²) >= 11 is 5.56. The normalized spacial score (nSPS) is 18.8. The zero-order chi connectivity index (χ0) is 18.4. The van der Waals surface area contributed by atoms with Crippen LogP contribution in [0.3, 0.4) is 0 Å². The molecule has 0 radical (unpaired) electrons. The Kier molecular flexibility index (Phi) is 6.79. The molecular formula is C18H27ClN2O4. The highest BCUT2D eigenvalue weighted by Crippen LogP contribution is 2.22. The molecule has 140 valence electrons. The van der Waals surface area contributed by atoms with E-state index in [0.717, 1.165) is 17.9 Å². The van der Waals surface area contributed by atoms with Gasteiger partial charge >= 0.3 is 6.09 Å². The van der Waals surface area contributed by atoms with E-state index in [4.69, 9.17) is 21.1 Å². The number of rotatable bonds is 6. The van der Waals surface area contributed by atoms with Crippen LogP contribution < -0.4 is 10.1 Å². The van der Waals surface area contributed by atoms with Gasteiger partial charge in [-0.1, -0.05) is 0 Å². The van der Waals surface area contributed by atoms with Crippen LogP contribution in [0.4, 0.5) is 10.5 Å². The number of nitrogens with zero attached hydrogens (tertiary/aromatic N) is 1. The summed E-state index contributed by atoms with van der Waals surface area (Å²) in [7, 11) is 0. The van der Waals surface area contributed by atoms with E-state index < -0.39 is 11.7 Å². The summed E-state index contributed by atoms with van der Waals surface area (Å²) in [6.07, 6.45) is -0.128. The maximum absolute atomic E-state index is 12.1. The van der Waals surface area contributed by atoms with Crippen LogP contribution in [0, 0.1) is 0 Å². The monoisotopic (exact) mass is 370 g/mol. The van der Waals surface area contributed by atoms with Gasteiger partial charge in [-0.15, -0.1) is 11.6 Å². The first-order valence-electron chi connectivity index (χ1n) is 8.49. The number of halogens is 1. The lowest BCUT2D eigenvalue weighted by atomic mass is 10.2. The van der Waals surface area contributed by atoms with Crippen molar-refractivity contribution in [2.24, 2.45) is 0 Å². The van der Waals surface area contributed by atoms with Crippen molar-refractivity contribution in [3.8, 4) is 5.75 Å². The molecule has 1 aromatic carbocycles. The van der Waals surface area contributed by atoms with Crippen molar-refractivity contribution in [2.45, 2.75) is 45.0 Å². The van der Waals surface area contributed by atoms with Gasteiger partial charge in [-0.25, -0.2) is 4.79 Å². The average Bonchev–Trinajstić information content (AvgIpc) is 3.01. The molecule has 1 fully saturated rings. The van der Waals surface area contributed by atoms with Crippen LogP contribution in [0.5, 0.6) is 5.75 Å². The molecule has 0 aliphatic carbocycles. The van der Waals surface area contributed by atoms with Crippen LogP contribution in [0.25, 0.3) is 0 Å². The van der Waals surface area contributed by atoms with Crippen LogP contribution in [-0.4, -0.2) is 59.4 Å². The molecule has 1 heterocycles. The first kappa shape index (κ1) is 19.7. The second kappa shape index (κ2) is 8.63. The number of aliphatic hydroxyl groups excluding tert-OH is 1. The van der Waals surface area contributed by atoms with Gasteiger partial charge < -0.3 is 24.8 Å². The number of hydrogen-bond acceptors (Lipinski definition) is 5. The van der Waals surface area contributed by atoms with Gasteiger partial charge in [-0.3, -0.25) is 0 Å². The summed E-state index contributed by atoms with van der Waals surface area (Å²) in [6, 6.07) is 7.50. The molecule has 1 amide bonds. The summed E-state index contributed by atoms with van der Waals surface area (Å²) in [5, 5.41) is 12.5. The minimum Gasteiger partial charge on any atom is -0.489 e. The highest BCUT2D eigenvalue weighted by Gasteiger charge is 2.30. The number of hydrogen-bond donors (Lipinski definition) is 2. The molecular weight excluding hydrogens is 344 g/mol. The minimum absolute atomic E-state index is 0.0376. The molecule has 0 spiro atoms. The third kappa shape index (κ3) is 6.63. The third-order valence-corrected chi connectivity index (χ3v) is 4.03. The van der Waals surface area contributed by atoms with Gasteiger partial charge in [0, 0.05) is 25.2 Å². The number of alkyl halides is 1. The number of carbonyl (C=O) groups excluding carboxylic acids is 1. The second-order valence-corrected chi connectivity index (χ2v) is 7.48. The molecule has 0 saturated carbocycles. The van der Waals surface area contributed by atoms with E-state index in [1.165, 1.54) is 0 Å². The first-order valence-corrected chi connectivity index (χ1v) is 9.03. The van der Waals surface area contributed by atoms with E-state index in [0.29, 0.717) is 19.6 Å². The standard InChI is InChI=1S/C18H27ClN2O4/c1-18(2,3)25-17(23)21-9-8-16(12-21)24-15-6-4-13(5-7-15)20-11-14(22)10-19/h4-7,14,16,20,22H,8-12H2,1-3H3. The predicted octanol–water partition coefficient (Wildman–Crippen LogP) is 3.09. The maximum atomic E-state index is 12.1. The summed E-state index contributed by atoms with van der Waals surface area (Å²) in [6.45, 7) is 7.13. The van der Waals surface area contributed by atoms with Gasteiger partial charge in [-0.05, 0) is 45.0 Å². The lowest BCUT2D eigenvalue weighted by Gasteiger charge is -2.24. The lowest BCUT2D eigenvalue weighted by Crippen LogP contribution is -2.36. The number of aliphatic hydroxyl groups is 1. The largest absolute Gasteiger partial charge is 0.489 e. The molecule has 2 unspecified atom stereocenters. The highest BCUT2D eigenvalue weighted by atomic mass is 35.5. The van der Waals surface area contributed by atoms with E-state index in [2.05, 4.69) is 5.32 Å². The molecule has 2 rings (SSSR count). The second-order valence-electron chi connectivity index (χ2n) is 7.17. The van der Waals surface area contributed by atoms with Crippen molar-refractivity contribution >= 4 is 23.4 Å². The number of benzene rings is 1. The molecule has 6 nitrogen and oxygen atoms in total. The fourth-order valence-electron chi connectivity index (χ4n) is 2.45. The topological polar surface area (TPSA) is 71.0 Å². The maximum Gasteiger partial charge on any atom is 0.410 e. The number of likely N-dealkylation sites (tertiary alicyclic amines) is 1. The Hall–Kier alpha value is -1.66. The molecule has 1 aromatic rings. The van der Waals surface area contributed by atoms with E-state index in [1.54, 1.807) is 4.90 Å². The average molecular weight is 371 g/mol. The third-order valence-electron chi connectivity index (χ3n) is 3.67. The summed E-state index contributed by atoms with van der Waals surface area (Å²) in [5.74, 6) is 0.948. The van der Waals surface area contributed by atoms with Gasteiger partial charge in [0.25, 0.3) is 0 Å². The quantitative estimate of drug-likeness (QED) is 0.753. The van der Waals surface area contributed by atoms with E-state index in [1.807, 2.05) is 45.0 Å². The summed E-state index contributed by atoms with van der Waals surface area (Å²) < 4.78 is 11.3. The Morgan fingerprint density at radius 3 is 2.68 bits per heavy atom. The van der Waals surface area contributed by atoms with Crippen LogP contribution in [0.1, 0.15) is 27.2 Å². The number of nitrogens with one attached hydrogen (secondary N) is 1. The SMILES string of the molecule is CC(C)(C)OC(=O)N1CCC(Oc2ccc(NCC(O)CCl)cc2)C1. The molecule has 25 heavy (non-hydrogen) atoms. The molecule has 1 aliphatic heterocycles. The Balaban J connectivity index is 1.80. The zero-order valence-electron chi connectivity index (χ0n) is 15.0. The van der Waals surface area contributed by atoms with Gasteiger partial charge in [-0.2, -0.15) is 0 Å². The fourth-order valence-corrected chi connectivity index (χ4v) is 2.56.